The Morgan fingerprint density at radius 1 is 1.14 bits per heavy atom. The van der Waals surface area contributed by atoms with Crippen molar-refractivity contribution in [3.8, 4) is 0 Å². The lowest BCUT2D eigenvalue weighted by Crippen LogP contribution is -2.49. The van der Waals surface area contributed by atoms with E-state index in [9.17, 15) is 4.79 Å². The van der Waals surface area contributed by atoms with E-state index in [2.05, 4.69) is 72.5 Å². The second-order valence-corrected chi connectivity index (χ2v) is 7.65. The van der Waals surface area contributed by atoms with E-state index in [-0.39, 0.29) is 5.41 Å². The van der Waals surface area contributed by atoms with Crippen LogP contribution in [0.25, 0.3) is 0 Å². The third-order valence-corrected chi connectivity index (χ3v) is 4.53. The largest absolute Gasteiger partial charge is 0.368 e. The van der Waals surface area contributed by atoms with Crippen molar-refractivity contribution in [2.24, 2.45) is 0 Å². The Bertz CT molecular complexity index is 488. The van der Waals surface area contributed by atoms with Gasteiger partial charge in [-0.15, -0.1) is 0 Å². The van der Waals surface area contributed by atoms with Crippen LogP contribution < -0.4 is 4.90 Å². The first-order valence-electron chi connectivity index (χ1n) is 7.61. The van der Waals surface area contributed by atoms with Crippen LogP contribution in [0.2, 0.25) is 0 Å². The summed E-state index contributed by atoms with van der Waals surface area (Å²) < 4.78 is 0.906. The average molecular weight is 400 g/mol. The summed E-state index contributed by atoms with van der Waals surface area (Å²) in [6.45, 7) is 10.3. The first-order valence-corrected chi connectivity index (χ1v) is 9.14. The second kappa shape index (κ2) is 6.99. The van der Waals surface area contributed by atoms with Crippen LogP contribution in [0, 0.1) is 0 Å². The summed E-state index contributed by atoms with van der Waals surface area (Å²) in [5.41, 5.74) is 2.85. The Balaban J connectivity index is 2.08. The molecule has 2 rings (SSSR count). The standard InChI is InChI=1S/C17H25IN2O/c1-17(2,3)14-6-4-5-7-15(14)19-10-12-20(13-11-19)16(21)8-9-18/h4-7H,8-13H2,1-3H3. The van der Waals surface area contributed by atoms with Gasteiger partial charge >= 0.3 is 0 Å². The van der Waals surface area contributed by atoms with Crippen LogP contribution in [-0.2, 0) is 10.2 Å². The van der Waals surface area contributed by atoms with Crippen LogP contribution in [-0.4, -0.2) is 41.4 Å². The first-order chi connectivity index (χ1) is 9.93. The number of piperazine rings is 1. The molecule has 0 spiro atoms. The van der Waals surface area contributed by atoms with Gasteiger partial charge in [0.2, 0.25) is 5.91 Å². The Morgan fingerprint density at radius 3 is 2.33 bits per heavy atom. The number of nitrogens with zero attached hydrogens (tertiary/aromatic N) is 2. The highest BCUT2D eigenvalue weighted by atomic mass is 127. The van der Waals surface area contributed by atoms with Crippen molar-refractivity contribution in [1.82, 2.24) is 4.90 Å². The quantitative estimate of drug-likeness (QED) is 0.573. The minimum absolute atomic E-state index is 0.144. The maximum atomic E-state index is 12.0. The molecule has 1 aromatic carbocycles. The predicted octanol–water partition coefficient (Wildman–Crippen LogP) is 3.46. The summed E-state index contributed by atoms with van der Waals surface area (Å²) in [7, 11) is 0. The Hall–Kier alpha value is -0.780. The van der Waals surface area contributed by atoms with Gasteiger partial charge in [0.1, 0.15) is 0 Å². The highest BCUT2D eigenvalue weighted by Crippen LogP contribution is 2.32. The highest BCUT2D eigenvalue weighted by molar-refractivity contribution is 14.1. The van der Waals surface area contributed by atoms with Gasteiger partial charge in [0.05, 0.1) is 0 Å². The molecule has 1 heterocycles. The smallest absolute Gasteiger partial charge is 0.223 e. The second-order valence-electron chi connectivity index (χ2n) is 6.57. The fourth-order valence-electron chi connectivity index (χ4n) is 2.82. The molecule has 0 atom stereocenters. The van der Waals surface area contributed by atoms with Gasteiger partial charge in [0.15, 0.2) is 0 Å². The van der Waals surface area contributed by atoms with E-state index in [0.717, 1.165) is 30.6 Å². The summed E-state index contributed by atoms with van der Waals surface area (Å²) in [4.78, 5) is 16.4. The van der Waals surface area contributed by atoms with Gasteiger partial charge in [-0.05, 0) is 17.0 Å². The molecule has 1 saturated heterocycles. The Morgan fingerprint density at radius 2 is 1.76 bits per heavy atom. The van der Waals surface area contributed by atoms with Crippen molar-refractivity contribution in [2.75, 3.05) is 35.5 Å². The van der Waals surface area contributed by atoms with Gasteiger partial charge in [0, 0.05) is 42.7 Å². The number of halogens is 1. The van der Waals surface area contributed by atoms with Gasteiger partial charge in [-0.2, -0.15) is 0 Å². The van der Waals surface area contributed by atoms with Gasteiger partial charge in [-0.3, -0.25) is 4.79 Å². The molecular weight excluding hydrogens is 375 g/mol. The number of carbonyl (C=O) groups excluding carboxylic acids is 1. The van der Waals surface area contributed by atoms with E-state index in [0.29, 0.717) is 12.3 Å². The molecule has 0 bridgehead atoms. The van der Waals surface area contributed by atoms with Gasteiger partial charge in [-0.25, -0.2) is 0 Å². The summed E-state index contributed by atoms with van der Waals surface area (Å²) >= 11 is 2.27. The zero-order valence-corrected chi connectivity index (χ0v) is 15.4. The zero-order chi connectivity index (χ0) is 15.5. The monoisotopic (exact) mass is 400 g/mol. The summed E-state index contributed by atoms with van der Waals surface area (Å²) in [5.74, 6) is 0.299. The van der Waals surface area contributed by atoms with E-state index in [1.54, 1.807) is 0 Å². The minimum atomic E-state index is 0.144. The van der Waals surface area contributed by atoms with E-state index < -0.39 is 0 Å². The molecule has 1 aliphatic heterocycles. The fourth-order valence-corrected chi connectivity index (χ4v) is 3.28. The molecular formula is C17H25IN2O. The van der Waals surface area contributed by atoms with Gasteiger partial charge in [-0.1, -0.05) is 61.6 Å². The molecule has 0 unspecified atom stereocenters. The summed E-state index contributed by atoms with van der Waals surface area (Å²) in [5, 5.41) is 0. The molecule has 1 fully saturated rings. The third-order valence-electron chi connectivity index (χ3n) is 3.99. The maximum Gasteiger partial charge on any atom is 0.223 e. The van der Waals surface area contributed by atoms with Crippen LogP contribution >= 0.6 is 22.6 Å². The van der Waals surface area contributed by atoms with Gasteiger partial charge < -0.3 is 9.80 Å². The number of amides is 1. The molecule has 3 nitrogen and oxygen atoms in total. The predicted molar refractivity (Wildman–Crippen MR) is 97.4 cm³/mol. The van der Waals surface area contributed by atoms with Crippen molar-refractivity contribution in [1.29, 1.82) is 0 Å². The van der Waals surface area contributed by atoms with Crippen molar-refractivity contribution < 1.29 is 4.79 Å². The number of rotatable bonds is 3. The molecule has 0 N–H and O–H groups in total. The van der Waals surface area contributed by atoms with E-state index in [4.69, 9.17) is 0 Å². The van der Waals surface area contributed by atoms with Crippen LogP contribution in [0.4, 0.5) is 5.69 Å². The zero-order valence-electron chi connectivity index (χ0n) is 13.2. The normalized spacial score (nSPS) is 16.2. The minimum Gasteiger partial charge on any atom is -0.368 e. The topological polar surface area (TPSA) is 23.6 Å². The molecule has 0 radical (unpaired) electrons. The average Bonchev–Trinajstić information content (AvgIpc) is 2.47. The number of anilines is 1. The molecule has 4 heteroatoms. The van der Waals surface area contributed by atoms with Crippen LogP contribution in [0.1, 0.15) is 32.8 Å². The van der Waals surface area contributed by atoms with E-state index in [1.165, 1.54) is 11.3 Å². The van der Waals surface area contributed by atoms with Crippen molar-refractivity contribution in [2.45, 2.75) is 32.6 Å². The lowest BCUT2D eigenvalue weighted by molar-refractivity contribution is -0.130. The Labute approximate surface area is 141 Å². The number of para-hydroxylation sites is 1. The molecule has 116 valence electrons. The number of hydrogen-bond acceptors (Lipinski definition) is 2. The van der Waals surface area contributed by atoms with E-state index >= 15 is 0 Å². The number of alkyl halides is 1. The molecule has 0 aromatic heterocycles. The van der Waals surface area contributed by atoms with Crippen LogP contribution in [0.15, 0.2) is 24.3 Å². The third kappa shape index (κ3) is 4.11. The summed E-state index contributed by atoms with van der Waals surface area (Å²) in [6, 6.07) is 8.66. The van der Waals surface area contributed by atoms with Crippen molar-refractivity contribution in [3.05, 3.63) is 29.8 Å². The molecule has 21 heavy (non-hydrogen) atoms. The van der Waals surface area contributed by atoms with Crippen LogP contribution in [0.5, 0.6) is 0 Å². The van der Waals surface area contributed by atoms with Crippen LogP contribution in [0.3, 0.4) is 0 Å². The molecule has 1 aliphatic rings. The molecule has 1 aromatic rings. The fraction of sp³-hybridized carbons (Fsp3) is 0.588. The lowest BCUT2D eigenvalue weighted by Gasteiger charge is -2.38. The molecule has 0 aliphatic carbocycles. The lowest BCUT2D eigenvalue weighted by atomic mass is 9.85. The van der Waals surface area contributed by atoms with Crippen molar-refractivity contribution >= 4 is 34.2 Å². The first kappa shape index (κ1) is 16.6. The number of carbonyl (C=O) groups is 1. The molecule has 1 amide bonds. The number of benzene rings is 1. The van der Waals surface area contributed by atoms with Gasteiger partial charge in [0.25, 0.3) is 0 Å². The van der Waals surface area contributed by atoms with Crippen molar-refractivity contribution in [3.63, 3.8) is 0 Å². The molecule has 0 saturated carbocycles. The van der Waals surface area contributed by atoms with E-state index in [1.807, 2.05) is 4.90 Å². The SMILES string of the molecule is CC(C)(C)c1ccccc1N1CCN(C(=O)CCI)CC1. The number of hydrogen-bond donors (Lipinski definition) is 0. The highest BCUT2D eigenvalue weighted by Gasteiger charge is 2.25. The Kier molecular flexibility index (Phi) is 5.52. The summed E-state index contributed by atoms with van der Waals surface area (Å²) in [6.07, 6.45) is 0.666. The maximum absolute atomic E-state index is 12.0.